The van der Waals surface area contributed by atoms with E-state index in [0.29, 0.717) is 0 Å². The van der Waals surface area contributed by atoms with Crippen LogP contribution in [-0.4, -0.2) is 9.13 Å². The van der Waals surface area contributed by atoms with Crippen molar-refractivity contribution < 1.29 is 9.13 Å². The summed E-state index contributed by atoms with van der Waals surface area (Å²) in [7, 11) is 0. The zero-order valence-corrected chi connectivity index (χ0v) is 15.0. The van der Waals surface area contributed by atoms with Gasteiger partial charge in [0.2, 0.25) is 12.7 Å². The van der Waals surface area contributed by atoms with Gasteiger partial charge in [0, 0.05) is 0 Å². The van der Waals surface area contributed by atoms with E-state index in [1.807, 2.05) is 12.2 Å². The quantitative estimate of drug-likeness (QED) is 0.362. The summed E-state index contributed by atoms with van der Waals surface area (Å²) in [5.41, 5.74) is 4.99. The first-order valence-corrected chi connectivity index (χ1v) is 8.98. The Hall–Kier alpha value is -3.14. The average Bonchev–Trinajstić information content (AvgIpc) is 3.20. The average molecular weight is 344 g/mol. The number of nitrogens with zero attached hydrogens (tertiary/aromatic N) is 4. The fourth-order valence-electron chi connectivity index (χ4n) is 3.63. The molecule has 2 heterocycles. The molecule has 0 aliphatic heterocycles. The highest BCUT2D eigenvalue weighted by atomic mass is 15.2. The molecule has 4 nitrogen and oxygen atoms in total. The fraction of sp³-hybridized carbons (Fsp3) is 0.182. The summed E-state index contributed by atoms with van der Waals surface area (Å²) in [5.74, 6) is 0. The van der Waals surface area contributed by atoms with Crippen LogP contribution in [0, 0.1) is 0 Å². The third-order valence-electron chi connectivity index (χ3n) is 4.79. The van der Waals surface area contributed by atoms with Crippen LogP contribution in [0.4, 0.5) is 0 Å². The van der Waals surface area contributed by atoms with Gasteiger partial charge in [0.25, 0.3) is 0 Å². The van der Waals surface area contributed by atoms with E-state index >= 15 is 0 Å². The van der Waals surface area contributed by atoms with Crippen molar-refractivity contribution in [1.82, 2.24) is 9.13 Å². The molecule has 0 aliphatic rings. The van der Waals surface area contributed by atoms with Crippen molar-refractivity contribution >= 4 is 22.1 Å². The number of fused-ring (bicyclic) bond motifs is 2. The van der Waals surface area contributed by atoms with Gasteiger partial charge in [-0.1, -0.05) is 49.6 Å². The van der Waals surface area contributed by atoms with Crippen molar-refractivity contribution in [3.63, 3.8) is 0 Å². The number of allylic oxidation sites excluding steroid dienone is 2. The topological polar surface area (TPSA) is 17.6 Å². The minimum Gasteiger partial charge on any atom is -0.226 e. The lowest BCUT2D eigenvalue weighted by Crippen LogP contribution is -2.43. The van der Waals surface area contributed by atoms with Crippen LogP contribution in [0.1, 0.15) is 0 Å². The number of para-hydroxylation sites is 4. The molecule has 0 unspecified atom stereocenters. The molecular formula is C22H24N4+2. The van der Waals surface area contributed by atoms with E-state index in [1.54, 1.807) is 0 Å². The molecule has 4 aromatic rings. The lowest BCUT2D eigenvalue weighted by molar-refractivity contribution is -0.755. The predicted octanol–water partition coefficient (Wildman–Crippen LogP) is 3.24. The molecule has 0 saturated heterocycles. The Bertz CT molecular complexity index is 996. The number of benzene rings is 2. The number of imidazole rings is 2. The first-order valence-electron chi connectivity index (χ1n) is 8.98. The highest BCUT2D eigenvalue weighted by Crippen LogP contribution is 2.12. The van der Waals surface area contributed by atoms with E-state index < -0.39 is 0 Å². The van der Waals surface area contributed by atoms with Crippen LogP contribution >= 0.6 is 0 Å². The Labute approximate surface area is 153 Å². The molecule has 0 amide bonds. The molecule has 2 aromatic heterocycles. The SMILES string of the molecule is C=CCn1c[n+](CC[n+]2cn(CC=C)c3ccccc32)c2ccccc21. The zero-order valence-electron chi connectivity index (χ0n) is 15.0. The molecule has 0 spiro atoms. The van der Waals surface area contributed by atoms with Crippen molar-refractivity contribution in [3.05, 3.63) is 86.5 Å². The Morgan fingerprint density at radius 1 is 0.692 bits per heavy atom. The smallest absolute Gasteiger partial charge is 0.226 e. The zero-order chi connectivity index (χ0) is 17.9. The number of aryl methyl sites for hydroxylation is 2. The minimum atomic E-state index is 0.819. The summed E-state index contributed by atoms with van der Waals surface area (Å²) >= 11 is 0. The van der Waals surface area contributed by atoms with Crippen molar-refractivity contribution in [2.75, 3.05) is 0 Å². The van der Waals surface area contributed by atoms with Crippen molar-refractivity contribution in [3.8, 4) is 0 Å². The van der Waals surface area contributed by atoms with Gasteiger partial charge in [-0.05, 0) is 24.3 Å². The third-order valence-corrected chi connectivity index (χ3v) is 4.79. The van der Waals surface area contributed by atoms with Crippen LogP contribution < -0.4 is 9.13 Å². The van der Waals surface area contributed by atoms with Crippen LogP contribution in [-0.2, 0) is 26.2 Å². The first kappa shape index (κ1) is 16.3. The highest BCUT2D eigenvalue weighted by molar-refractivity contribution is 5.72. The Kier molecular flexibility index (Phi) is 4.40. The largest absolute Gasteiger partial charge is 0.245 e. The van der Waals surface area contributed by atoms with E-state index in [9.17, 15) is 0 Å². The summed E-state index contributed by atoms with van der Waals surface area (Å²) in [4.78, 5) is 0. The van der Waals surface area contributed by atoms with E-state index in [2.05, 4.69) is 92.6 Å². The van der Waals surface area contributed by atoms with Gasteiger partial charge < -0.3 is 0 Å². The van der Waals surface area contributed by atoms with Crippen LogP contribution in [0.15, 0.2) is 86.5 Å². The summed E-state index contributed by atoms with van der Waals surface area (Å²) in [6.45, 7) is 11.2. The molecule has 0 atom stereocenters. The van der Waals surface area contributed by atoms with Crippen molar-refractivity contribution in [1.29, 1.82) is 0 Å². The van der Waals surface area contributed by atoms with Gasteiger partial charge in [0.15, 0.2) is 22.1 Å². The molecule has 0 N–H and O–H groups in total. The van der Waals surface area contributed by atoms with E-state index in [0.717, 1.165) is 26.2 Å². The molecular weight excluding hydrogens is 320 g/mol. The molecule has 130 valence electrons. The third kappa shape index (κ3) is 2.84. The lowest BCUT2D eigenvalue weighted by Gasteiger charge is -1.97. The van der Waals surface area contributed by atoms with Gasteiger partial charge in [-0.2, -0.15) is 0 Å². The molecule has 0 fully saturated rings. The van der Waals surface area contributed by atoms with Gasteiger partial charge in [-0.15, -0.1) is 0 Å². The van der Waals surface area contributed by atoms with Crippen LogP contribution in [0.2, 0.25) is 0 Å². The predicted molar refractivity (Wildman–Crippen MR) is 105 cm³/mol. The molecule has 0 bridgehead atoms. The maximum atomic E-state index is 3.87. The summed E-state index contributed by atoms with van der Waals surface area (Å²) in [6, 6.07) is 17.1. The van der Waals surface area contributed by atoms with Gasteiger partial charge in [-0.25, -0.2) is 18.3 Å². The summed E-state index contributed by atoms with van der Waals surface area (Å²) in [6.07, 6.45) is 8.26. The van der Waals surface area contributed by atoms with Gasteiger partial charge >= 0.3 is 0 Å². The van der Waals surface area contributed by atoms with Crippen LogP contribution in [0.5, 0.6) is 0 Å². The fourth-order valence-corrected chi connectivity index (χ4v) is 3.63. The van der Waals surface area contributed by atoms with Gasteiger partial charge in [0.05, 0.1) is 0 Å². The number of rotatable bonds is 7. The Balaban J connectivity index is 1.68. The normalized spacial score (nSPS) is 11.2. The second-order valence-electron chi connectivity index (χ2n) is 6.48. The summed E-state index contributed by atoms with van der Waals surface area (Å²) < 4.78 is 9.14. The van der Waals surface area contributed by atoms with E-state index in [4.69, 9.17) is 0 Å². The minimum absolute atomic E-state index is 0.819. The van der Waals surface area contributed by atoms with Crippen LogP contribution in [0.3, 0.4) is 0 Å². The maximum absolute atomic E-state index is 3.87. The lowest BCUT2D eigenvalue weighted by atomic mass is 10.3. The van der Waals surface area contributed by atoms with Crippen LogP contribution in [0.25, 0.3) is 22.1 Å². The monoisotopic (exact) mass is 344 g/mol. The Morgan fingerprint density at radius 2 is 1.12 bits per heavy atom. The molecule has 0 saturated carbocycles. The van der Waals surface area contributed by atoms with Gasteiger partial charge in [0.1, 0.15) is 26.2 Å². The second kappa shape index (κ2) is 7.00. The number of aromatic nitrogens is 4. The second-order valence-corrected chi connectivity index (χ2v) is 6.48. The molecule has 2 aromatic carbocycles. The first-order chi connectivity index (χ1) is 12.8. The van der Waals surface area contributed by atoms with Crippen molar-refractivity contribution in [2.24, 2.45) is 0 Å². The van der Waals surface area contributed by atoms with E-state index in [-0.39, 0.29) is 0 Å². The standard InChI is InChI=1S/C22H24N4/c1-3-13-23-17-25(21-11-7-5-9-19(21)23)15-16-26-18-24(14-4-2)20-10-6-8-12-22(20)26/h3-12,17-18H,1-2,13-16H2/q+2. The molecule has 0 aliphatic carbocycles. The maximum Gasteiger partial charge on any atom is 0.245 e. The molecule has 4 heteroatoms. The Morgan fingerprint density at radius 3 is 1.54 bits per heavy atom. The summed E-state index contributed by atoms with van der Waals surface area (Å²) in [5, 5.41) is 0. The molecule has 0 radical (unpaired) electrons. The van der Waals surface area contributed by atoms with E-state index in [1.165, 1.54) is 22.1 Å². The number of hydrogen-bond donors (Lipinski definition) is 0. The molecule has 4 rings (SSSR count). The number of hydrogen-bond acceptors (Lipinski definition) is 0. The highest BCUT2D eigenvalue weighted by Gasteiger charge is 2.18. The van der Waals surface area contributed by atoms with Gasteiger partial charge in [-0.3, -0.25) is 0 Å². The van der Waals surface area contributed by atoms with Crippen molar-refractivity contribution in [2.45, 2.75) is 26.2 Å². The molecule has 26 heavy (non-hydrogen) atoms.